The molecular weight excluding hydrogens is 242 g/mol. The maximum absolute atomic E-state index is 12.2. The van der Waals surface area contributed by atoms with Crippen molar-refractivity contribution in [2.45, 2.75) is 23.8 Å². The lowest BCUT2D eigenvalue weighted by atomic mass is 10.2. The van der Waals surface area contributed by atoms with Gasteiger partial charge in [-0.25, -0.2) is 8.42 Å². The van der Waals surface area contributed by atoms with Crippen LogP contribution in [0.1, 0.15) is 12.8 Å². The highest BCUT2D eigenvalue weighted by Crippen LogP contribution is 2.26. The zero-order valence-corrected chi connectivity index (χ0v) is 10.1. The Hall–Kier alpha value is -1.11. The number of benzene rings is 1. The van der Waals surface area contributed by atoms with Crippen molar-refractivity contribution in [2.75, 3.05) is 13.2 Å². The van der Waals surface area contributed by atoms with E-state index in [4.69, 9.17) is 10.2 Å². The van der Waals surface area contributed by atoms with Gasteiger partial charge in [0.05, 0.1) is 11.5 Å². The second-order valence-electron chi connectivity index (χ2n) is 4.09. The Morgan fingerprint density at radius 3 is 2.53 bits per heavy atom. The molecule has 0 spiro atoms. The number of sulfonamides is 1. The molecule has 1 atom stereocenters. The molecule has 0 saturated carbocycles. The van der Waals surface area contributed by atoms with E-state index in [2.05, 4.69) is 0 Å². The summed E-state index contributed by atoms with van der Waals surface area (Å²) in [4.78, 5) is 0.149. The lowest BCUT2D eigenvalue weighted by molar-refractivity contribution is 0.213. The Morgan fingerprint density at radius 2 is 1.94 bits per heavy atom. The molecular formula is C11H15NO4S. The van der Waals surface area contributed by atoms with E-state index in [0.717, 1.165) is 6.42 Å². The van der Waals surface area contributed by atoms with Gasteiger partial charge in [0.2, 0.25) is 10.0 Å². The maximum Gasteiger partial charge on any atom is 0.243 e. The first kappa shape index (κ1) is 12.3. The molecule has 1 heterocycles. The van der Waals surface area contributed by atoms with Gasteiger partial charge in [-0.15, -0.1) is 0 Å². The van der Waals surface area contributed by atoms with Crippen LogP contribution in [0, 0.1) is 0 Å². The SMILES string of the molecule is O=S(=O)(c1ccc(O)cc1)N1CCCC1CO. The van der Waals surface area contributed by atoms with E-state index in [-0.39, 0.29) is 23.3 Å². The molecule has 0 aliphatic carbocycles. The van der Waals surface area contributed by atoms with Crippen molar-refractivity contribution in [2.24, 2.45) is 0 Å². The lowest BCUT2D eigenvalue weighted by Crippen LogP contribution is -2.37. The molecule has 94 valence electrons. The fraction of sp³-hybridized carbons (Fsp3) is 0.455. The molecule has 6 heteroatoms. The number of phenolic OH excluding ortho intramolecular Hbond substituents is 1. The minimum absolute atomic E-state index is 0.0316. The molecule has 17 heavy (non-hydrogen) atoms. The molecule has 1 aliphatic rings. The van der Waals surface area contributed by atoms with Crippen LogP contribution in [-0.4, -0.2) is 42.1 Å². The van der Waals surface area contributed by atoms with Crippen LogP contribution in [0.5, 0.6) is 5.75 Å². The summed E-state index contributed by atoms with van der Waals surface area (Å²) in [7, 11) is -3.55. The summed E-state index contributed by atoms with van der Waals surface area (Å²) in [5.41, 5.74) is 0. The third-order valence-electron chi connectivity index (χ3n) is 2.98. The number of aliphatic hydroxyl groups is 1. The van der Waals surface area contributed by atoms with E-state index < -0.39 is 10.0 Å². The highest BCUT2D eigenvalue weighted by Gasteiger charge is 2.34. The molecule has 1 aliphatic heterocycles. The predicted molar refractivity (Wildman–Crippen MR) is 62.1 cm³/mol. The van der Waals surface area contributed by atoms with E-state index in [0.29, 0.717) is 13.0 Å². The first-order chi connectivity index (χ1) is 8.05. The van der Waals surface area contributed by atoms with Crippen LogP contribution in [0.3, 0.4) is 0 Å². The van der Waals surface area contributed by atoms with Crippen molar-refractivity contribution < 1.29 is 18.6 Å². The first-order valence-electron chi connectivity index (χ1n) is 5.47. The third-order valence-corrected chi connectivity index (χ3v) is 4.94. The maximum atomic E-state index is 12.2. The van der Waals surface area contributed by atoms with E-state index in [1.165, 1.54) is 28.6 Å². The highest BCUT2D eigenvalue weighted by molar-refractivity contribution is 7.89. The van der Waals surface area contributed by atoms with E-state index in [9.17, 15) is 8.42 Å². The summed E-state index contributed by atoms with van der Waals surface area (Å²) in [6.45, 7) is 0.283. The largest absolute Gasteiger partial charge is 0.508 e. The molecule has 0 aromatic heterocycles. The standard InChI is InChI=1S/C11H15NO4S/c13-8-9-2-1-7-12(9)17(15,16)11-5-3-10(14)4-6-11/h3-6,9,13-14H,1-2,7-8H2. The molecule has 1 fully saturated rings. The van der Waals surface area contributed by atoms with Gasteiger partial charge in [0.25, 0.3) is 0 Å². The van der Waals surface area contributed by atoms with Crippen LogP contribution >= 0.6 is 0 Å². The Morgan fingerprint density at radius 1 is 1.29 bits per heavy atom. The predicted octanol–water partition coefficient (Wildman–Crippen LogP) is 0.538. The molecule has 0 bridgehead atoms. The van der Waals surface area contributed by atoms with Gasteiger partial charge in [0, 0.05) is 12.6 Å². The quantitative estimate of drug-likeness (QED) is 0.828. The average molecular weight is 257 g/mol. The third kappa shape index (κ3) is 2.29. The van der Waals surface area contributed by atoms with Gasteiger partial charge >= 0.3 is 0 Å². The number of hydrogen-bond acceptors (Lipinski definition) is 4. The molecule has 1 aromatic carbocycles. The fourth-order valence-corrected chi connectivity index (χ4v) is 3.75. The first-order valence-corrected chi connectivity index (χ1v) is 6.91. The van der Waals surface area contributed by atoms with E-state index in [1.807, 2.05) is 0 Å². The van der Waals surface area contributed by atoms with E-state index >= 15 is 0 Å². The van der Waals surface area contributed by atoms with Crippen LogP contribution < -0.4 is 0 Å². The van der Waals surface area contributed by atoms with Crippen LogP contribution in [0.4, 0.5) is 0 Å². The topological polar surface area (TPSA) is 77.8 Å². The number of hydrogen-bond donors (Lipinski definition) is 2. The second kappa shape index (κ2) is 4.64. The monoisotopic (exact) mass is 257 g/mol. The number of aromatic hydroxyl groups is 1. The second-order valence-corrected chi connectivity index (χ2v) is 5.98. The van der Waals surface area contributed by atoms with Crippen LogP contribution in [0.25, 0.3) is 0 Å². The number of phenols is 1. The van der Waals surface area contributed by atoms with Gasteiger partial charge in [0.15, 0.2) is 0 Å². The lowest BCUT2D eigenvalue weighted by Gasteiger charge is -2.22. The average Bonchev–Trinajstić information content (AvgIpc) is 2.78. The Bertz CT molecular complexity index is 483. The number of aliphatic hydroxyl groups excluding tert-OH is 1. The molecule has 2 N–H and O–H groups in total. The Kier molecular flexibility index (Phi) is 3.37. The van der Waals surface area contributed by atoms with Crippen molar-refractivity contribution in [1.82, 2.24) is 4.31 Å². The number of nitrogens with zero attached hydrogens (tertiary/aromatic N) is 1. The van der Waals surface area contributed by atoms with E-state index in [1.54, 1.807) is 0 Å². The van der Waals surface area contributed by atoms with Crippen LogP contribution in [-0.2, 0) is 10.0 Å². The summed E-state index contributed by atoms with van der Waals surface area (Å²) in [5.74, 6) is 0.0316. The number of rotatable bonds is 3. The van der Waals surface area contributed by atoms with Gasteiger partial charge in [-0.2, -0.15) is 4.31 Å². The summed E-state index contributed by atoms with van der Waals surface area (Å²) >= 11 is 0. The summed E-state index contributed by atoms with van der Waals surface area (Å²) in [6, 6.07) is 5.11. The van der Waals surface area contributed by atoms with Gasteiger partial charge in [-0.05, 0) is 37.1 Å². The molecule has 1 saturated heterocycles. The molecule has 2 rings (SSSR count). The highest BCUT2D eigenvalue weighted by atomic mass is 32.2. The molecule has 0 radical (unpaired) electrons. The Labute approximate surface area is 100 Å². The summed E-state index contributed by atoms with van der Waals surface area (Å²) in [5, 5.41) is 18.3. The van der Waals surface area contributed by atoms with Crippen molar-refractivity contribution in [3.63, 3.8) is 0 Å². The smallest absolute Gasteiger partial charge is 0.243 e. The van der Waals surface area contributed by atoms with Crippen LogP contribution in [0.2, 0.25) is 0 Å². The fourth-order valence-electron chi connectivity index (χ4n) is 2.06. The van der Waals surface area contributed by atoms with Gasteiger partial charge in [-0.3, -0.25) is 0 Å². The molecule has 1 aromatic rings. The zero-order chi connectivity index (χ0) is 12.5. The van der Waals surface area contributed by atoms with Gasteiger partial charge in [0.1, 0.15) is 5.75 Å². The van der Waals surface area contributed by atoms with Crippen LogP contribution in [0.15, 0.2) is 29.2 Å². The van der Waals surface area contributed by atoms with Crippen molar-refractivity contribution in [3.05, 3.63) is 24.3 Å². The van der Waals surface area contributed by atoms with Gasteiger partial charge < -0.3 is 10.2 Å². The van der Waals surface area contributed by atoms with Crippen molar-refractivity contribution in [1.29, 1.82) is 0 Å². The Balaban J connectivity index is 2.33. The molecule has 0 amide bonds. The normalized spacial score (nSPS) is 21.8. The minimum atomic E-state index is -3.55. The zero-order valence-electron chi connectivity index (χ0n) is 9.28. The van der Waals surface area contributed by atoms with Crippen molar-refractivity contribution >= 4 is 10.0 Å². The molecule has 5 nitrogen and oxygen atoms in total. The molecule has 1 unspecified atom stereocenters. The van der Waals surface area contributed by atoms with Gasteiger partial charge in [-0.1, -0.05) is 0 Å². The van der Waals surface area contributed by atoms with Crippen molar-refractivity contribution in [3.8, 4) is 5.75 Å². The minimum Gasteiger partial charge on any atom is -0.508 e. The summed E-state index contributed by atoms with van der Waals surface area (Å²) in [6.07, 6.45) is 1.45. The summed E-state index contributed by atoms with van der Waals surface area (Å²) < 4.78 is 25.8.